The van der Waals surface area contributed by atoms with Crippen LogP contribution in [0.1, 0.15) is 55.2 Å². The van der Waals surface area contributed by atoms with E-state index in [1.165, 1.54) is 11.1 Å². The number of pyridine rings is 1. The number of benzene rings is 1. The van der Waals surface area contributed by atoms with Gasteiger partial charge in [0.2, 0.25) is 0 Å². The van der Waals surface area contributed by atoms with Crippen molar-refractivity contribution in [1.82, 2.24) is 10.3 Å². The molecule has 0 unspecified atom stereocenters. The molecule has 2 N–H and O–H groups in total. The molecule has 4 nitrogen and oxygen atoms in total. The molecule has 0 aliphatic heterocycles. The van der Waals surface area contributed by atoms with Gasteiger partial charge in [0.25, 0.3) is 5.91 Å². The Morgan fingerprint density at radius 3 is 2.52 bits per heavy atom. The lowest BCUT2D eigenvalue weighted by atomic mass is 9.98. The molecule has 1 aromatic heterocycles. The monoisotopic (exact) mass is 311 g/mol. The topological polar surface area (TPSA) is 54.0 Å². The van der Waals surface area contributed by atoms with E-state index in [9.17, 15) is 4.79 Å². The molecule has 0 aliphatic carbocycles. The van der Waals surface area contributed by atoms with Gasteiger partial charge in [0, 0.05) is 23.6 Å². The molecule has 23 heavy (non-hydrogen) atoms. The van der Waals surface area contributed by atoms with Crippen LogP contribution in [0.4, 0.5) is 11.4 Å². The molecule has 0 aliphatic rings. The summed E-state index contributed by atoms with van der Waals surface area (Å²) in [4.78, 5) is 16.3. The molecule has 0 saturated heterocycles. The van der Waals surface area contributed by atoms with E-state index in [0.29, 0.717) is 11.6 Å². The van der Waals surface area contributed by atoms with Gasteiger partial charge in [-0.05, 0) is 49.9 Å². The third-order valence-electron chi connectivity index (χ3n) is 3.61. The maximum atomic E-state index is 12.1. The van der Waals surface area contributed by atoms with Crippen LogP contribution in [-0.2, 0) is 0 Å². The van der Waals surface area contributed by atoms with Crippen LogP contribution < -0.4 is 10.6 Å². The number of rotatable bonds is 5. The van der Waals surface area contributed by atoms with Gasteiger partial charge in [0.05, 0.1) is 0 Å². The predicted molar refractivity (Wildman–Crippen MR) is 95.4 cm³/mol. The van der Waals surface area contributed by atoms with Gasteiger partial charge in [0.1, 0.15) is 5.69 Å². The van der Waals surface area contributed by atoms with Gasteiger partial charge in [-0.3, -0.25) is 9.78 Å². The fourth-order valence-electron chi connectivity index (χ4n) is 2.46. The fourth-order valence-corrected chi connectivity index (χ4v) is 2.46. The maximum absolute atomic E-state index is 12.1. The Morgan fingerprint density at radius 2 is 1.87 bits per heavy atom. The van der Waals surface area contributed by atoms with Crippen LogP contribution in [0, 0.1) is 6.92 Å². The lowest BCUT2D eigenvalue weighted by Gasteiger charge is -2.17. The lowest BCUT2D eigenvalue weighted by Crippen LogP contribution is -2.30. The summed E-state index contributed by atoms with van der Waals surface area (Å²) in [6.07, 6.45) is 1.66. The number of anilines is 2. The molecule has 1 amide bonds. The average Bonchev–Trinajstić information content (AvgIpc) is 2.48. The lowest BCUT2D eigenvalue weighted by molar-refractivity contribution is 0.0938. The second-order valence-corrected chi connectivity index (χ2v) is 6.38. The maximum Gasteiger partial charge on any atom is 0.270 e. The Bertz CT molecular complexity index is 693. The van der Waals surface area contributed by atoms with E-state index in [2.05, 4.69) is 54.6 Å². The first kappa shape index (κ1) is 17.0. The number of carbonyl (C=O) groups excluding carboxylic acids is 1. The van der Waals surface area contributed by atoms with E-state index >= 15 is 0 Å². The van der Waals surface area contributed by atoms with Crippen LogP contribution in [0.3, 0.4) is 0 Å². The van der Waals surface area contributed by atoms with E-state index in [4.69, 9.17) is 0 Å². The Labute approximate surface area is 138 Å². The van der Waals surface area contributed by atoms with E-state index in [0.717, 1.165) is 11.4 Å². The molecule has 122 valence electrons. The molecule has 0 radical (unpaired) electrons. The first-order valence-electron chi connectivity index (χ1n) is 8.02. The fraction of sp³-hybridized carbons (Fsp3) is 0.368. The van der Waals surface area contributed by atoms with Gasteiger partial charge < -0.3 is 10.6 Å². The first-order chi connectivity index (χ1) is 10.9. The standard InChI is InChI=1S/C19H25N3O/c1-12(2)16-8-6-7-14(5)18(16)22-15-9-10-20-17(11-15)19(23)21-13(3)4/h6-13H,1-5H3,(H,20,22)(H,21,23). The van der Waals surface area contributed by atoms with Crippen LogP contribution in [0.25, 0.3) is 0 Å². The quantitative estimate of drug-likeness (QED) is 0.860. The molecular weight excluding hydrogens is 286 g/mol. The highest BCUT2D eigenvalue weighted by atomic mass is 16.1. The summed E-state index contributed by atoms with van der Waals surface area (Å²) in [5.41, 5.74) is 4.83. The normalized spacial score (nSPS) is 10.9. The average molecular weight is 311 g/mol. The van der Waals surface area contributed by atoms with E-state index in [-0.39, 0.29) is 11.9 Å². The summed E-state index contributed by atoms with van der Waals surface area (Å²) in [5, 5.41) is 6.31. The largest absolute Gasteiger partial charge is 0.355 e. The number of nitrogens with one attached hydrogen (secondary N) is 2. The molecule has 0 atom stereocenters. The number of hydrogen-bond donors (Lipinski definition) is 2. The van der Waals surface area contributed by atoms with Gasteiger partial charge in [-0.15, -0.1) is 0 Å². The zero-order valence-electron chi connectivity index (χ0n) is 14.5. The van der Waals surface area contributed by atoms with Gasteiger partial charge in [-0.25, -0.2) is 0 Å². The smallest absolute Gasteiger partial charge is 0.270 e. The van der Waals surface area contributed by atoms with Crippen molar-refractivity contribution in [1.29, 1.82) is 0 Å². The van der Waals surface area contributed by atoms with Crippen LogP contribution in [0.2, 0.25) is 0 Å². The van der Waals surface area contributed by atoms with Crippen molar-refractivity contribution < 1.29 is 4.79 Å². The van der Waals surface area contributed by atoms with Gasteiger partial charge >= 0.3 is 0 Å². The summed E-state index contributed by atoms with van der Waals surface area (Å²) >= 11 is 0. The summed E-state index contributed by atoms with van der Waals surface area (Å²) in [6.45, 7) is 10.3. The Balaban J connectivity index is 2.30. The minimum absolute atomic E-state index is 0.0878. The van der Waals surface area contributed by atoms with Crippen LogP contribution in [0.15, 0.2) is 36.5 Å². The molecule has 0 spiro atoms. The molecular formula is C19H25N3O. The molecule has 1 heterocycles. The minimum Gasteiger partial charge on any atom is -0.355 e. The third kappa shape index (κ3) is 4.31. The molecule has 0 fully saturated rings. The second kappa shape index (κ2) is 7.27. The molecule has 0 saturated carbocycles. The van der Waals surface area contributed by atoms with Crippen molar-refractivity contribution in [3.63, 3.8) is 0 Å². The van der Waals surface area contributed by atoms with Crippen molar-refractivity contribution in [2.24, 2.45) is 0 Å². The highest BCUT2D eigenvalue weighted by Gasteiger charge is 2.12. The number of amides is 1. The summed E-state index contributed by atoms with van der Waals surface area (Å²) in [5.74, 6) is 0.264. The Morgan fingerprint density at radius 1 is 1.13 bits per heavy atom. The van der Waals surface area contributed by atoms with Crippen molar-refractivity contribution in [3.8, 4) is 0 Å². The SMILES string of the molecule is Cc1cccc(C(C)C)c1Nc1ccnc(C(=O)NC(C)C)c1. The van der Waals surface area contributed by atoms with Crippen molar-refractivity contribution >= 4 is 17.3 Å². The number of carbonyl (C=O) groups is 1. The molecule has 2 aromatic rings. The minimum atomic E-state index is -0.155. The third-order valence-corrected chi connectivity index (χ3v) is 3.61. The number of para-hydroxylation sites is 1. The highest BCUT2D eigenvalue weighted by Crippen LogP contribution is 2.30. The second-order valence-electron chi connectivity index (χ2n) is 6.38. The number of aryl methyl sites for hydroxylation is 1. The first-order valence-corrected chi connectivity index (χ1v) is 8.02. The predicted octanol–water partition coefficient (Wildman–Crippen LogP) is 4.40. The zero-order chi connectivity index (χ0) is 17.0. The van der Waals surface area contributed by atoms with Gasteiger partial charge in [0.15, 0.2) is 0 Å². The van der Waals surface area contributed by atoms with E-state index < -0.39 is 0 Å². The molecule has 1 aromatic carbocycles. The summed E-state index contributed by atoms with van der Waals surface area (Å²) in [7, 11) is 0. The van der Waals surface area contributed by atoms with Crippen LogP contribution >= 0.6 is 0 Å². The van der Waals surface area contributed by atoms with Crippen molar-refractivity contribution in [3.05, 3.63) is 53.3 Å². The molecule has 0 bridgehead atoms. The van der Waals surface area contributed by atoms with E-state index in [1.807, 2.05) is 19.9 Å². The van der Waals surface area contributed by atoms with Crippen molar-refractivity contribution in [2.45, 2.75) is 46.6 Å². The molecule has 4 heteroatoms. The number of hydrogen-bond acceptors (Lipinski definition) is 3. The molecule has 2 rings (SSSR count). The van der Waals surface area contributed by atoms with Gasteiger partial charge in [-0.2, -0.15) is 0 Å². The van der Waals surface area contributed by atoms with Crippen molar-refractivity contribution in [2.75, 3.05) is 5.32 Å². The highest BCUT2D eigenvalue weighted by molar-refractivity contribution is 5.93. The summed E-state index contributed by atoms with van der Waals surface area (Å²) < 4.78 is 0. The zero-order valence-corrected chi connectivity index (χ0v) is 14.5. The summed E-state index contributed by atoms with van der Waals surface area (Å²) in [6, 6.07) is 10.0. The van der Waals surface area contributed by atoms with E-state index in [1.54, 1.807) is 12.3 Å². The number of nitrogens with zero attached hydrogens (tertiary/aromatic N) is 1. The Hall–Kier alpha value is -2.36. The number of aromatic nitrogens is 1. The van der Waals surface area contributed by atoms with Crippen LogP contribution in [0.5, 0.6) is 0 Å². The van der Waals surface area contributed by atoms with Gasteiger partial charge in [-0.1, -0.05) is 32.0 Å². The Kier molecular flexibility index (Phi) is 5.37. The van der Waals surface area contributed by atoms with Crippen LogP contribution in [-0.4, -0.2) is 16.9 Å².